The van der Waals surface area contributed by atoms with Gasteiger partial charge in [-0.1, -0.05) is 18.2 Å². The van der Waals surface area contributed by atoms with Gasteiger partial charge in [-0.3, -0.25) is 9.59 Å². The van der Waals surface area contributed by atoms with Crippen LogP contribution < -0.4 is 5.43 Å². The summed E-state index contributed by atoms with van der Waals surface area (Å²) in [5.74, 6) is -0.295. The fourth-order valence-electron chi connectivity index (χ4n) is 3.13. The number of amides is 1. The van der Waals surface area contributed by atoms with E-state index in [4.69, 9.17) is 0 Å². The van der Waals surface area contributed by atoms with E-state index in [1.165, 1.54) is 23.8 Å². The van der Waals surface area contributed by atoms with Crippen LogP contribution >= 0.6 is 0 Å². The number of hydrazine groups is 1. The molecule has 24 heavy (non-hydrogen) atoms. The molecule has 128 valence electrons. The number of nitrogens with zero attached hydrogens (tertiary/aromatic N) is 2. The van der Waals surface area contributed by atoms with Crippen molar-refractivity contribution in [2.24, 2.45) is 0 Å². The van der Waals surface area contributed by atoms with Crippen LogP contribution in [0.2, 0.25) is 0 Å². The van der Waals surface area contributed by atoms with Crippen LogP contribution in [0, 0.1) is 13.8 Å². The van der Waals surface area contributed by atoms with Crippen molar-refractivity contribution in [2.45, 2.75) is 38.8 Å². The summed E-state index contributed by atoms with van der Waals surface area (Å²) in [5.41, 5.74) is 7.09. The number of fused-ring (bicyclic) bond motifs is 1. The molecule has 0 aromatic heterocycles. The number of hydrogen-bond acceptors (Lipinski definition) is 5. The molecule has 0 spiro atoms. The molecule has 1 saturated heterocycles. The molecule has 1 fully saturated rings. The molecule has 0 radical (unpaired) electrons. The molecule has 1 amide bonds. The van der Waals surface area contributed by atoms with Crippen LogP contribution in [-0.2, 0) is 14.3 Å². The SMILES string of the molecule is COC(=O)CCN1C=CN2NC(c3ccc(C)c(C)c3)CC2C1=O. The first kappa shape index (κ1) is 16.5. The molecule has 1 N–H and O–H groups in total. The van der Waals surface area contributed by atoms with E-state index in [1.807, 2.05) is 11.2 Å². The number of methoxy groups -OCH3 is 1. The van der Waals surface area contributed by atoms with E-state index in [9.17, 15) is 9.59 Å². The number of benzene rings is 1. The summed E-state index contributed by atoms with van der Waals surface area (Å²) in [6, 6.07) is 6.28. The van der Waals surface area contributed by atoms with Gasteiger partial charge < -0.3 is 14.6 Å². The van der Waals surface area contributed by atoms with Crippen molar-refractivity contribution in [3.05, 3.63) is 47.3 Å². The summed E-state index contributed by atoms with van der Waals surface area (Å²) in [4.78, 5) is 25.5. The second-order valence-electron chi connectivity index (χ2n) is 6.34. The smallest absolute Gasteiger partial charge is 0.307 e. The highest BCUT2D eigenvalue weighted by Gasteiger charge is 2.39. The van der Waals surface area contributed by atoms with Gasteiger partial charge in [0, 0.05) is 18.9 Å². The lowest BCUT2D eigenvalue weighted by Crippen LogP contribution is -2.48. The standard InChI is InChI=1S/C18H23N3O3/c1-12-4-5-14(10-13(12)2)15-11-16-18(23)20(7-6-17(22)24-3)8-9-21(16)19-15/h4-5,8-10,15-16,19H,6-7,11H2,1-3H3. The van der Waals surface area contributed by atoms with Crippen LogP contribution in [0.3, 0.4) is 0 Å². The molecule has 0 saturated carbocycles. The van der Waals surface area contributed by atoms with Gasteiger partial charge in [0.25, 0.3) is 5.91 Å². The highest BCUT2D eigenvalue weighted by Crippen LogP contribution is 2.31. The van der Waals surface area contributed by atoms with Crippen LogP contribution in [0.15, 0.2) is 30.6 Å². The molecule has 6 heteroatoms. The number of hydrogen-bond donors (Lipinski definition) is 1. The predicted molar refractivity (Wildman–Crippen MR) is 89.5 cm³/mol. The Labute approximate surface area is 142 Å². The first-order valence-corrected chi connectivity index (χ1v) is 8.17. The monoisotopic (exact) mass is 329 g/mol. The largest absolute Gasteiger partial charge is 0.469 e. The van der Waals surface area contributed by atoms with Crippen LogP contribution in [0.4, 0.5) is 0 Å². The average Bonchev–Trinajstić information content (AvgIpc) is 3.01. The number of rotatable bonds is 4. The Morgan fingerprint density at radius 3 is 2.79 bits per heavy atom. The second kappa shape index (κ2) is 6.65. The summed E-state index contributed by atoms with van der Waals surface area (Å²) >= 11 is 0. The number of ether oxygens (including phenoxy) is 1. The van der Waals surface area contributed by atoms with Gasteiger partial charge in [-0.25, -0.2) is 5.43 Å². The zero-order valence-corrected chi connectivity index (χ0v) is 14.3. The molecule has 0 bridgehead atoms. The van der Waals surface area contributed by atoms with E-state index >= 15 is 0 Å². The Kier molecular flexibility index (Phi) is 4.57. The van der Waals surface area contributed by atoms with E-state index in [2.05, 4.69) is 42.2 Å². The summed E-state index contributed by atoms with van der Waals surface area (Å²) in [6.07, 6.45) is 4.50. The van der Waals surface area contributed by atoms with Crippen molar-refractivity contribution in [1.82, 2.24) is 15.3 Å². The first-order chi connectivity index (χ1) is 11.5. The lowest BCUT2D eigenvalue weighted by Gasteiger charge is -2.31. The molecule has 1 aromatic carbocycles. The summed E-state index contributed by atoms with van der Waals surface area (Å²) in [6.45, 7) is 4.54. The van der Waals surface area contributed by atoms with E-state index in [0.29, 0.717) is 13.0 Å². The molecular formula is C18H23N3O3. The van der Waals surface area contributed by atoms with Gasteiger partial charge >= 0.3 is 5.97 Å². The molecule has 2 atom stereocenters. The van der Waals surface area contributed by atoms with Crippen molar-refractivity contribution in [3.63, 3.8) is 0 Å². The highest BCUT2D eigenvalue weighted by molar-refractivity contribution is 5.84. The van der Waals surface area contributed by atoms with Gasteiger partial charge in [-0.15, -0.1) is 0 Å². The molecule has 2 aliphatic heterocycles. The Bertz CT molecular complexity index is 686. The van der Waals surface area contributed by atoms with E-state index in [-0.39, 0.29) is 30.4 Å². The minimum Gasteiger partial charge on any atom is -0.469 e. The first-order valence-electron chi connectivity index (χ1n) is 8.17. The lowest BCUT2D eigenvalue weighted by atomic mass is 9.97. The number of carbonyl (C=O) groups is 2. The summed E-state index contributed by atoms with van der Waals surface area (Å²) < 4.78 is 4.64. The number of aryl methyl sites for hydroxylation is 2. The normalized spacial score (nSPS) is 22.7. The Balaban J connectivity index is 1.68. The maximum Gasteiger partial charge on any atom is 0.307 e. The van der Waals surface area contributed by atoms with Crippen LogP contribution in [0.1, 0.15) is 35.6 Å². The van der Waals surface area contributed by atoms with Crippen molar-refractivity contribution in [2.75, 3.05) is 13.7 Å². The Morgan fingerprint density at radius 2 is 2.08 bits per heavy atom. The third kappa shape index (κ3) is 3.14. The number of carbonyl (C=O) groups excluding carboxylic acids is 2. The molecule has 1 aromatic rings. The molecule has 2 unspecified atom stereocenters. The molecule has 0 aliphatic carbocycles. The van der Waals surface area contributed by atoms with Crippen molar-refractivity contribution < 1.29 is 14.3 Å². The predicted octanol–water partition coefficient (Wildman–Crippen LogP) is 1.80. The summed E-state index contributed by atoms with van der Waals surface area (Å²) in [7, 11) is 1.35. The van der Waals surface area contributed by atoms with Crippen LogP contribution in [-0.4, -0.2) is 41.5 Å². The van der Waals surface area contributed by atoms with Gasteiger partial charge in [0.2, 0.25) is 0 Å². The van der Waals surface area contributed by atoms with Crippen molar-refractivity contribution in [3.8, 4) is 0 Å². The zero-order chi connectivity index (χ0) is 17.3. The third-order valence-corrected chi connectivity index (χ3v) is 4.79. The maximum atomic E-state index is 12.6. The maximum absolute atomic E-state index is 12.6. The van der Waals surface area contributed by atoms with Gasteiger partial charge in [0.05, 0.1) is 19.6 Å². The topological polar surface area (TPSA) is 61.9 Å². The summed E-state index contributed by atoms with van der Waals surface area (Å²) in [5, 5.41) is 1.87. The highest BCUT2D eigenvalue weighted by atomic mass is 16.5. The van der Waals surface area contributed by atoms with Crippen LogP contribution in [0.25, 0.3) is 0 Å². The lowest BCUT2D eigenvalue weighted by molar-refractivity contribution is -0.142. The fourth-order valence-corrected chi connectivity index (χ4v) is 3.13. The third-order valence-electron chi connectivity index (χ3n) is 4.79. The van der Waals surface area contributed by atoms with Crippen LogP contribution in [0.5, 0.6) is 0 Å². The molecule has 2 aliphatic rings. The molecule has 2 heterocycles. The van der Waals surface area contributed by atoms with Crippen molar-refractivity contribution >= 4 is 11.9 Å². The van der Waals surface area contributed by atoms with E-state index in [1.54, 1.807) is 11.1 Å². The fraction of sp³-hybridized carbons (Fsp3) is 0.444. The molecule has 3 rings (SSSR count). The Morgan fingerprint density at radius 1 is 1.29 bits per heavy atom. The number of esters is 1. The minimum atomic E-state index is -0.309. The van der Waals surface area contributed by atoms with E-state index in [0.717, 1.165) is 0 Å². The second-order valence-corrected chi connectivity index (χ2v) is 6.34. The quantitative estimate of drug-likeness (QED) is 0.854. The average molecular weight is 329 g/mol. The van der Waals surface area contributed by atoms with Gasteiger partial charge in [0.15, 0.2) is 0 Å². The van der Waals surface area contributed by atoms with Gasteiger partial charge in [0.1, 0.15) is 6.04 Å². The zero-order valence-electron chi connectivity index (χ0n) is 14.3. The van der Waals surface area contributed by atoms with Gasteiger partial charge in [-0.05, 0) is 37.0 Å². The number of nitrogens with one attached hydrogen (secondary N) is 1. The molecule has 6 nitrogen and oxygen atoms in total. The molecular weight excluding hydrogens is 306 g/mol. The Hall–Kier alpha value is -2.34. The van der Waals surface area contributed by atoms with E-state index < -0.39 is 0 Å². The van der Waals surface area contributed by atoms with Crippen molar-refractivity contribution in [1.29, 1.82) is 0 Å². The van der Waals surface area contributed by atoms with Gasteiger partial charge in [-0.2, -0.15) is 0 Å². The minimum absolute atomic E-state index is 0.0141.